The number of aromatic nitrogens is 2. The average Bonchev–Trinajstić information content (AvgIpc) is 3.96. The summed E-state index contributed by atoms with van der Waals surface area (Å²) in [5.41, 5.74) is 11.7. The quantitative estimate of drug-likeness (QED) is 0.180. The Balaban J connectivity index is 0.970. The molecule has 4 nitrogen and oxygen atoms in total. The summed E-state index contributed by atoms with van der Waals surface area (Å²) in [7, 11) is 0. The lowest BCUT2D eigenvalue weighted by Crippen LogP contribution is -1.93. The van der Waals surface area contributed by atoms with E-state index in [0.29, 0.717) is 0 Å². The summed E-state index contributed by atoms with van der Waals surface area (Å²) in [6.45, 7) is 2.16. The molecule has 0 saturated carbocycles. The minimum absolute atomic E-state index is 0.877. The second kappa shape index (κ2) is 10.4. The average molecular weight is 703 g/mol. The summed E-state index contributed by atoms with van der Waals surface area (Å²) >= 11 is 0. The van der Waals surface area contributed by atoms with Gasteiger partial charge in [-0.2, -0.15) is 0 Å². The van der Waals surface area contributed by atoms with Crippen LogP contribution in [0.5, 0.6) is 0 Å². The van der Waals surface area contributed by atoms with Crippen LogP contribution in [-0.2, 0) is 0 Å². The lowest BCUT2D eigenvalue weighted by atomic mass is 10.0. The van der Waals surface area contributed by atoms with Crippen molar-refractivity contribution in [2.75, 3.05) is 0 Å². The van der Waals surface area contributed by atoms with E-state index in [1.54, 1.807) is 0 Å². The molecule has 0 aliphatic rings. The SMILES string of the molecule is Cc1c2oc3cc4cc(-n5c6ccccc6c6ccccc65)ccc4cc3c2cc2oc3cc4cc(-n5c6ccccc6c6ccccc65)ccc4cc3c12. The molecule has 9 aromatic carbocycles. The van der Waals surface area contributed by atoms with E-state index in [9.17, 15) is 0 Å². The van der Waals surface area contributed by atoms with Crippen LogP contribution in [0.4, 0.5) is 0 Å². The molecule has 0 bridgehead atoms. The van der Waals surface area contributed by atoms with Gasteiger partial charge < -0.3 is 18.0 Å². The van der Waals surface area contributed by atoms with Gasteiger partial charge in [0.2, 0.25) is 0 Å². The van der Waals surface area contributed by atoms with Crippen molar-refractivity contribution in [3.8, 4) is 11.4 Å². The molecule has 0 spiro atoms. The van der Waals surface area contributed by atoms with Crippen LogP contribution in [0, 0.1) is 6.92 Å². The first-order valence-electron chi connectivity index (χ1n) is 18.8. The van der Waals surface area contributed by atoms with Crippen LogP contribution in [0.1, 0.15) is 5.56 Å². The molecule has 13 rings (SSSR count). The van der Waals surface area contributed by atoms with Gasteiger partial charge in [-0.05, 0) is 107 Å². The van der Waals surface area contributed by atoms with Crippen LogP contribution in [0.2, 0.25) is 0 Å². The first-order chi connectivity index (χ1) is 27.2. The minimum Gasteiger partial charge on any atom is -0.456 e. The largest absolute Gasteiger partial charge is 0.456 e. The van der Waals surface area contributed by atoms with E-state index in [1.807, 2.05) is 0 Å². The Kier molecular flexibility index (Phi) is 5.54. The topological polar surface area (TPSA) is 36.1 Å². The molecular weight excluding hydrogens is 673 g/mol. The Morgan fingerprint density at radius 3 is 1.31 bits per heavy atom. The van der Waals surface area contributed by atoms with E-state index in [-0.39, 0.29) is 0 Å². The Hall–Kier alpha value is -7.30. The van der Waals surface area contributed by atoms with Gasteiger partial charge in [-0.3, -0.25) is 0 Å². The van der Waals surface area contributed by atoms with Gasteiger partial charge in [0.15, 0.2) is 0 Å². The van der Waals surface area contributed by atoms with Gasteiger partial charge >= 0.3 is 0 Å². The van der Waals surface area contributed by atoms with E-state index < -0.39 is 0 Å². The van der Waals surface area contributed by atoms with E-state index >= 15 is 0 Å². The summed E-state index contributed by atoms with van der Waals surface area (Å²) in [5.74, 6) is 0. The van der Waals surface area contributed by atoms with Gasteiger partial charge in [0, 0.05) is 60.0 Å². The van der Waals surface area contributed by atoms with Crippen LogP contribution in [-0.4, -0.2) is 9.13 Å². The maximum absolute atomic E-state index is 6.75. The molecule has 0 atom stereocenters. The molecule has 4 heterocycles. The molecule has 0 amide bonds. The normalized spacial score (nSPS) is 12.5. The fourth-order valence-electron chi connectivity index (χ4n) is 9.53. The molecule has 13 aromatic rings. The molecule has 4 aromatic heterocycles. The smallest absolute Gasteiger partial charge is 0.139 e. The lowest BCUT2D eigenvalue weighted by molar-refractivity contribution is 0.662. The van der Waals surface area contributed by atoms with E-state index in [2.05, 4.69) is 180 Å². The molecule has 0 unspecified atom stereocenters. The highest BCUT2D eigenvalue weighted by molar-refractivity contribution is 6.20. The molecule has 0 radical (unpaired) electrons. The summed E-state index contributed by atoms with van der Waals surface area (Å²) in [6, 6.07) is 59.2. The molecule has 256 valence electrons. The first-order valence-corrected chi connectivity index (χ1v) is 18.8. The highest BCUT2D eigenvalue weighted by Crippen LogP contribution is 2.43. The second-order valence-corrected chi connectivity index (χ2v) is 15.0. The van der Waals surface area contributed by atoms with Crippen molar-refractivity contribution in [2.24, 2.45) is 0 Å². The zero-order valence-corrected chi connectivity index (χ0v) is 29.8. The number of rotatable bonds is 2. The van der Waals surface area contributed by atoms with Gasteiger partial charge in [-0.1, -0.05) is 84.9 Å². The predicted molar refractivity (Wildman–Crippen MR) is 229 cm³/mol. The highest BCUT2D eigenvalue weighted by atomic mass is 16.3. The Morgan fingerprint density at radius 1 is 0.345 bits per heavy atom. The lowest BCUT2D eigenvalue weighted by Gasteiger charge is -2.09. The Morgan fingerprint density at radius 2 is 0.800 bits per heavy atom. The molecule has 4 heteroatoms. The summed E-state index contributed by atoms with van der Waals surface area (Å²) in [4.78, 5) is 0. The number of furan rings is 2. The number of para-hydroxylation sites is 4. The van der Waals surface area contributed by atoms with Gasteiger partial charge in [0.05, 0.1) is 22.1 Å². The maximum Gasteiger partial charge on any atom is 0.139 e. The van der Waals surface area contributed by atoms with E-state index in [0.717, 1.165) is 71.6 Å². The Labute approximate surface area is 313 Å². The molecule has 0 aliphatic heterocycles. The standard InChI is InChI=1S/C51H30N2O2/c1-29-50-42-25-31-19-21-35(53-45-16-8-4-12-38(45)39-13-5-9-17-46(39)53)23-33(31)27-48(42)54-49(50)28-41-40-24-30-18-20-34(22-32(30)26-47(40)55-51(29)41)52-43-14-6-2-10-36(43)37-11-3-7-15-44(37)52/h2-28H,1H3. The van der Waals surface area contributed by atoms with Crippen molar-refractivity contribution in [1.82, 2.24) is 9.13 Å². The van der Waals surface area contributed by atoms with Crippen molar-refractivity contribution < 1.29 is 8.83 Å². The van der Waals surface area contributed by atoms with E-state index in [4.69, 9.17) is 8.83 Å². The third-order valence-corrected chi connectivity index (χ3v) is 12.0. The number of fused-ring (bicyclic) bond motifs is 14. The van der Waals surface area contributed by atoms with Crippen molar-refractivity contribution in [1.29, 1.82) is 0 Å². The summed E-state index contributed by atoms with van der Waals surface area (Å²) < 4.78 is 18.2. The van der Waals surface area contributed by atoms with Crippen molar-refractivity contribution in [2.45, 2.75) is 6.92 Å². The molecule has 55 heavy (non-hydrogen) atoms. The Bertz CT molecular complexity index is 3560. The van der Waals surface area contributed by atoms with E-state index in [1.165, 1.54) is 54.4 Å². The zero-order valence-electron chi connectivity index (χ0n) is 29.8. The van der Waals surface area contributed by atoms with Crippen LogP contribution >= 0.6 is 0 Å². The highest BCUT2D eigenvalue weighted by Gasteiger charge is 2.20. The molecule has 0 aliphatic carbocycles. The molecule has 0 N–H and O–H groups in total. The number of benzene rings is 9. The van der Waals surface area contributed by atoms with Crippen molar-refractivity contribution in [3.05, 3.63) is 169 Å². The number of aryl methyl sites for hydroxylation is 1. The predicted octanol–water partition coefficient (Wildman–Crippen LogP) is 14.3. The second-order valence-electron chi connectivity index (χ2n) is 15.0. The van der Waals surface area contributed by atoms with Gasteiger partial charge in [0.25, 0.3) is 0 Å². The maximum atomic E-state index is 6.75. The van der Waals surface area contributed by atoms with Crippen molar-refractivity contribution >= 4 is 109 Å². The fraction of sp³-hybridized carbons (Fsp3) is 0.0196. The third-order valence-electron chi connectivity index (χ3n) is 12.0. The molecule has 0 saturated heterocycles. The van der Waals surface area contributed by atoms with Crippen LogP contribution in [0.3, 0.4) is 0 Å². The van der Waals surface area contributed by atoms with Crippen LogP contribution < -0.4 is 0 Å². The fourth-order valence-corrected chi connectivity index (χ4v) is 9.53. The number of hydrogen-bond acceptors (Lipinski definition) is 2. The van der Waals surface area contributed by atoms with Gasteiger partial charge in [-0.25, -0.2) is 0 Å². The van der Waals surface area contributed by atoms with Crippen LogP contribution in [0.25, 0.3) is 120 Å². The first kappa shape index (κ1) is 29.2. The van der Waals surface area contributed by atoms with Gasteiger partial charge in [0.1, 0.15) is 22.3 Å². The van der Waals surface area contributed by atoms with Crippen molar-refractivity contribution in [3.63, 3.8) is 0 Å². The van der Waals surface area contributed by atoms with Gasteiger partial charge in [-0.15, -0.1) is 0 Å². The molecule has 0 fully saturated rings. The summed E-state index contributed by atoms with van der Waals surface area (Å²) in [5, 5.41) is 14.1. The number of nitrogens with zero attached hydrogens (tertiary/aromatic N) is 2. The monoisotopic (exact) mass is 702 g/mol. The third kappa shape index (κ3) is 3.90. The number of hydrogen-bond donors (Lipinski definition) is 0. The molecular formula is C51H30N2O2. The van der Waals surface area contributed by atoms with Crippen LogP contribution in [0.15, 0.2) is 173 Å². The summed E-state index contributed by atoms with van der Waals surface area (Å²) in [6.07, 6.45) is 0. The zero-order chi connectivity index (χ0) is 35.9. The minimum atomic E-state index is 0.877.